The van der Waals surface area contributed by atoms with Gasteiger partial charge in [0.25, 0.3) is 5.91 Å². The fourth-order valence-electron chi connectivity index (χ4n) is 1.83. The van der Waals surface area contributed by atoms with Gasteiger partial charge < -0.3 is 15.4 Å². The molecule has 0 saturated carbocycles. The molecule has 0 bridgehead atoms. The number of hydrogen-bond acceptors (Lipinski definition) is 5. The number of nitrogens with one attached hydrogen (secondary N) is 2. The summed E-state index contributed by atoms with van der Waals surface area (Å²) in [6, 6.07) is 0. The highest BCUT2D eigenvalue weighted by molar-refractivity contribution is 9.10. The van der Waals surface area contributed by atoms with Crippen LogP contribution in [0.5, 0.6) is 0 Å². The largest absolute Gasteiger partial charge is 0.358 e. The topological polar surface area (TPSA) is 119 Å². The second-order valence-corrected chi connectivity index (χ2v) is 5.04. The van der Waals surface area contributed by atoms with Crippen molar-refractivity contribution in [3.05, 3.63) is 37.7 Å². The molecule has 21 heavy (non-hydrogen) atoms. The number of hydrogen-bond donors (Lipinski definition) is 2. The zero-order chi connectivity index (χ0) is 15.6. The van der Waals surface area contributed by atoms with E-state index in [1.54, 1.807) is 6.20 Å². The molecule has 0 atom stereocenters. The van der Waals surface area contributed by atoms with Crippen LogP contribution in [0.2, 0.25) is 0 Å². The number of nitrogens with zero attached hydrogens (tertiary/aromatic N) is 4. The monoisotopic (exact) mass is 356 g/mol. The molecule has 0 aliphatic carbocycles. The van der Waals surface area contributed by atoms with E-state index in [9.17, 15) is 14.9 Å². The summed E-state index contributed by atoms with van der Waals surface area (Å²) in [7, 11) is 0. The highest BCUT2D eigenvalue weighted by atomic mass is 79.9. The Kier molecular flexibility index (Phi) is 4.36. The van der Waals surface area contributed by atoms with Gasteiger partial charge in [-0.15, -0.1) is 5.10 Å². The lowest BCUT2D eigenvalue weighted by molar-refractivity contribution is -0.390. The molecule has 112 valence electrons. The Morgan fingerprint density at radius 2 is 2.33 bits per heavy atom. The Labute approximate surface area is 128 Å². The van der Waals surface area contributed by atoms with Crippen LogP contribution in [0.4, 0.5) is 5.82 Å². The normalized spacial score (nSPS) is 10.6. The van der Waals surface area contributed by atoms with E-state index in [0.717, 1.165) is 17.8 Å². The van der Waals surface area contributed by atoms with Gasteiger partial charge in [0.15, 0.2) is 5.69 Å². The van der Waals surface area contributed by atoms with Gasteiger partial charge in [0.2, 0.25) is 0 Å². The molecule has 0 fully saturated rings. The van der Waals surface area contributed by atoms with Crippen LogP contribution in [0.1, 0.15) is 28.7 Å². The smallest absolute Gasteiger partial charge is 0.357 e. The van der Waals surface area contributed by atoms with Crippen molar-refractivity contribution in [3.8, 4) is 0 Å². The molecule has 0 radical (unpaired) electrons. The van der Waals surface area contributed by atoms with Crippen molar-refractivity contribution in [1.29, 1.82) is 0 Å². The molecule has 10 heteroatoms. The van der Waals surface area contributed by atoms with E-state index in [1.165, 1.54) is 0 Å². The lowest BCUT2D eigenvalue weighted by Gasteiger charge is -2.04. The molecule has 0 spiro atoms. The number of aromatic amines is 1. The third-order valence-electron chi connectivity index (χ3n) is 3.03. The first-order chi connectivity index (χ1) is 9.95. The van der Waals surface area contributed by atoms with Gasteiger partial charge in [-0.2, -0.15) is 5.10 Å². The summed E-state index contributed by atoms with van der Waals surface area (Å²) in [5.74, 6) is -0.856. The van der Waals surface area contributed by atoms with Crippen LogP contribution >= 0.6 is 15.9 Å². The number of halogens is 1. The quantitative estimate of drug-likeness (QED) is 0.621. The predicted octanol–water partition coefficient (Wildman–Crippen LogP) is 1.54. The van der Waals surface area contributed by atoms with Crippen molar-refractivity contribution in [1.82, 2.24) is 25.3 Å². The first kappa shape index (κ1) is 15.2. The number of aryl methyl sites for hydroxylation is 1. The predicted molar refractivity (Wildman–Crippen MR) is 76.8 cm³/mol. The molecule has 2 rings (SSSR count). The summed E-state index contributed by atoms with van der Waals surface area (Å²) >= 11 is 3.00. The second kappa shape index (κ2) is 6.04. The maximum Gasteiger partial charge on any atom is 0.357 e. The number of aromatic nitrogens is 4. The van der Waals surface area contributed by atoms with Gasteiger partial charge in [-0.1, -0.05) is 5.10 Å². The Morgan fingerprint density at radius 3 is 2.86 bits per heavy atom. The van der Waals surface area contributed by atoms with E-state index < -0.39 is 10.8 Å². The molecule has 2 N–H and O–H groups in total. The van der Waals surface area contributed by atoms with Gasteiger partial charge in [-0.3, -0.25) is 9.48 Å². The summed E-state index contributed by atoms with van der Waals surface area (Å²) in [6.45, 7) is 4.91. The minimum Gasteiger partial charge on any atom is -0.358 e. The molecule has 0 unspecified atom stereocenters. The zero-order valence-electron chi connectivity index (χ0n) is 11.4. The fourth-order valence-corrected chi connectivity index (χ4v) is 2.33. The Morgan fingerprint density at radius 1 is 1.62 bits per heavy atom. The lowest BCUT2D eigenvalue weighted by atomic mass is 10.2. The Bertz CT molecular complexity index is 692. The molecule has 9 nitrogen and oxygen atoms in total. The van der Waals surface area contributed by atoms with Gasteiger partial charge >= 0.3 is 5.82 Å². The molecule has 1 amide bonds. The standard InChI is InChI=1S/C11H13BrN6O3/c1-3-17-6(2)7(5-14-17)4-13-11(19)9-8(12)10(16-15-9)18(20)21/h5H,3-4H2,1-2H3,(H,13,19)(H,15,16). The maximum absolute atomic E-state index is 12.0. The maximum atomic E-state index is 12.0. The van der Waals surface area contributed by atoms with Gasteiger partial charge in [0, 0.05) is 24.3 Å². The van der Waals surface area contributed by atoms with Gasteiger partial charge in [0.05, 0.1) is 6.20 Å². The van der Waals surface area contributed by atoms with Crippen LogP contribution in [0, 0.1) is 17.0 Å². The average molecular weight is 357 g/mol. The molecular formula is C11H13BrN6O3. The van der Waals surface area contributed by atoms with Gasteiger partial charge in [-0.05, 0) is 34.7 Å². The van der Waals surface area contributed by atoms with Gasteiger partial charge in [0.1, 0.15) is 4.47 Å². The van der Waals surface area contributed by atoms with Crippen molar-refractivity contribution in [2.45, 2.75) is 26.9 Å². The van der Waals surface area contributed by atoms with Crippen molar-refractivity contribution in [3.63, 3.8) is 0 Å². The number of carbonyl (C=O) groups is 1. The van der Waals surface area contributed by atoms with Crippen LogP contribution in [0.3, 0.4) is 0 Å². The summed E-state index contributed by atoms with van der Waals surface area (Å²) in [4.78, 5) is 22.0. The molecule has 0 aliphatic heterocycles. The van der Waals surface area contributed by atoms with E-state index in [4.69, 9.17) is 0 Å². The Balaban J connectivity index is 2.08. The average Bonchev–Trinajstić information content (AvgIpc) is 2.99. The molecular weight excluding hydrogens is 344 g/mol. The fraction of sp³-hybridized carbons (Fsp3) is 0.364. The number of nitro groups is 1. The third-order valence-corrected chi connectivity index (χ3v) is 3.78. The number of amides is 1. The summed E-state index contributed by atoms with van der Waals surface area (Å²) in [5, 5.41) is 23.4. The molecule has 2 heterocycles. The highest BCUT2D eigenvalue weighted by Gasteiger charge is 2.24. The van der Waals surface area contributed by atoms with E-state index in [1.807, 2.05) is 18.5 Å². The lowest BCUT2D eigenvalue weighted by Crippen LogP contribution is -2.23. The molecule has 2 aromatic heterocycles. The third kappa shape index (κ3) is 2.94. The van der Waals surface area contributed by atoms with Crippen molar-refractivity contribution in [2.75, 3.05) is 0 Å². The van der Waals surface area contributed by atoms with Crippen LogP contribution in [-0.4, -0.2) is 30.8 Å². The zero-order valence-corrected chi connectivity index (χ0v) is 13.0. The van der Waals surface area contributed by atoms with E-state index in [2.05, 4.69) is 36.5 Å². The SMILES string of the molecule is CCn1ncc(CNC(=O)c2n[nH]c([N+](=O)[O-])c2Br)c1C. The number of carbonyl (C=O) groups excluding carboxylic acids is 1. The van der Waals surface area contributed by atoms with E-state index >= 15 is 0 Å². The number of rotatable bonds is 5. The summed E-state index contributed by atoms with van der Waals surface area (Å²) in [6.07, 6.45) is 1.68. The van der Waals surface area contributed by atoms with Crippen LogP contribution in [0.15, 0.2) is 10.7 Å². The molecule has 0 aliphatic rings. The minimum absolute atomic E-state index is 0.0333. The number of H-pyrrole nitrogens is 1. The summed E-state index contributed by atoms with van der Waals surface area (Å²) < 4.78 is 1.85. The molecule has 0 aromatic carbocycles. The first-order valence-corrected chi connectivity index (χ1v) is 6.92. The minimum atomic E-state index is -0.650. The second-order valence-electron chi connectivity index (χ2n) is 4.25. The van der Waals surface area contributed by atoms with Crippen molar-refractivity contribution >= 4 is 27.7 Å². The summed E-state index contributed by atoms with van der Waals surface area (Å²) in [5.41, 5.74) is 1.79. The van der Waals surface area contributed by atoms with E-state index in [-0.39, 0.29) is 22.5 Å². The van der Waals surface area contributed by atoms with Crippen LogP contribution < -0.4 is 5.32 Å². The van der Waals surface area contributed by atoms with Crippen LogP contribution in [-0.2, 0) is 13.1 Å². The van der Waals surface area contributed by atoms with Crippen LogP contribution in [0.25, 0.3) is 0 Å². The molecule has 2 aromatic rings. The van der Waals surface area contributed by atoms with Crippen molar-refractivity contribution in [2.24, 2.45) is 0 Å². The molecule has 0 saturated heterocycles. The highest BCUT2D eigenvalue weighted by Crippen LogP contribution is 2.25. The first-order valence-electron chi connectivity index (χ1n) is 6.13. The Hall–Kier alpha value is -2.23. The van der Waals surface area contributed by atoms with Crippen molar-refractivity contribution < 1.29 is 9.72 Å². The van der Waals surface area contributed by atoms with E-state index in [0.29, 0.717) is 0 Å². The van der Waals surface area contributed by atoms with Gasteiger partial charge in [-0.25, -0.2) is 0 Å².